The first kappa shape index (κ1) is 31.8. The van der Waals surface area contributed by atoms with Crippen molar-refractivity contribution in [2.45, 2.75) is 56.6 Å². The number of hydrogen-bond donors (Lipinski definition) is 3. The Kier molecular flexibility index (Phi) is 11.2. The maximum absolute atomic E-state index is 14.3. The van der Waals surface area contributed by atoms with E-state index in [1.54, 1.807) is 12.1 Å². The summed E-state index contributed by atoms with van der Waals surface area (Å²) in [5, 5.41) is 13.0. The molecule has 234 valence electrons. The van der Waals surface area contributed by atoms with Crippen LogP contribution >= 0.6 is 0 Å². The number of carbonyl (C=O) groups is 1. The molecule has 1 amide bonds. The van der Waals surface area contributed by atoms with E-state index in [9.17, 15) is 10.3 Å². The molecule has 1 aliphatic carbocycles. The summed E-state index contributed by atoms with van der Waals surface area (Å²) in [5.74, 6) is 1.12. The number of rotatable bonds is 14. The molecule has 0 spiro atoms. The minimum absolute atomic E-state index is 0.0554. The molecule has 0 saturated heterocycles. The van der Waals surface area contributed by atoms with Crippen molar-refractivity contribution in [1.29, 1.82) is 0 Å². The highest BCUT2D eigenvalue weighted by Gasteiger charge is 2.53. The van der Waals surface area contributed by atoms with E-state index in [0.29, 0.717) is 54.0 Å². The molecule has 3 aromatic rings. The Morgan fingerprint density at radius 2 is 1.82 bits per heavy atom. The summed E-state index contributed by atoms with van der Waals surface area (Å²) >= 11 is 0. The molecule has 0 aromatic heterocycles. The largest absolute Gasteiger partial charge is 0.494 e. The van der Waals surface area contributed by atoms with Crippen LogP contribution < -0.4 is 15.6 Å². The van der Waals surface area contributed by atoms with Crippen LogP contribution in [0, 0.1) is 5.92 Å². The van der Waals surface area contributed by atoms with Gasteiger partial charge in [-0.25, -0.2) is 10.4 Å². The molecule has 2 atom stereocenters. The van der Waals surface area contributed by atoms with Gasteiger partial charge in [-0.3, -0.25) is 10.2 Å². The first-order valence-electron chi connectivity index (χ1n) is 15.6. The lowest BCUT2D eigenvalue weighted by Crippen LogP contribution is -2.53. The molecule has 0 unspecified atom stereocenters. The molecule has 1 fully saturated rings. The summed E-state index contributed by atoms with van der Waals surface area (Å²) < 4.78 is 12.3. The van der Waals surface area contributed by atoms with E-state index in [-0.39, 0.29) is 18.9 Å². The third-order valence-corrected chi connectivity index (χ3v) is 8.26. The van der Waals surface area contributed by atoms with Crippen molar-refractivity contribution < 1.29 is 19.4 Å². The topological polar surface area (TPSA) is 141 Å². The summed E-state index contributed by atoms with van der Waals surface area (Å²) in [6.45, 7) is 1.13. The maximum Gasteiger partial charge on any atom is 0.266 e. The second-order valence-electron chi connectivity index (χ2n) is 11.4. The predicted molar refractivity (Wildman–Crippen MR) is 175 cm³/mol. The number of aliphatic hydroxyl groups is 1. The summed E-state index contributed by atoms with van der Waals surface area (Å²) in [6, 6.07) is 24.3. The second kappa shape index (κ2) is 15.9. The van der Waals surface area contributed by atoms with Crippen molar-refractivity contribution in [3.05, 3.63) is 112 Å². The fourth-order valence-corrected chi connectivity index (χ4v) is 5.85. The SMILES string of the molecule is [N-]=[N+]=Nc1ccccc1[C@@H]1OC(c2ccc(OCCCO)cc2)=N[C@]1(C/C=C/c1ccccc1)C(=O)NNCC1CCCCC1. The van der Waals surface area contributed by atoms with Crippen LogP contribution in [0.25, 0.3) is 16.5 Å². The lowest BCUT2D eigenvalue weighted by atomic mass is 9.83. The number of nitrogens with zero attached hydrogens (tertiary/aromatic N) is 4. The number of aliphatic imine (C=N–C) groups is 1. The Balaban J connectivity index is 1.51. The minimum Gasteiger partial charge on any atom is -0.494 e. The molecule has 0 radical (unpaired) electrons. The van der Waals surface area contributed by atoms with Crippen molar-refractivity contribution in [3.8, 4) is 5.75 Å². The lowest BCUT2D eigenvalue weighted by molar-refractivity contribution is -0.129. The van der Waals surface area contributed by atoms with Crippen LogP contribution in [-0.4, -0.2) is 42.2 Å². The predicted octanol–water partition coefficient (Wildman–Crippen LogP) is 6.95. The Hall–Kier alpha value is -4.63. The van der Waals surface area contributed by atoms with E-state index in [2.05, 4.69) is 20.9 Å². The van der Waals surface area contributed by atoms with Crippen LogP contribution in [-0.2, 0) is 9.53 Å². The van der Waals surface area contributed by atoms with E-state index < -0.39 is 11.6 Å². The number of azide groups is 1. The molecule has 10 nitrogen and oxygen atoms in total. The molecule has 1 saturated carbocycles. The van der Waals surface area contributed by atoms with Gasteiger partial charge in [-0.2, -0.15) is 0 Å². The van der Waals surface area contributed by atoms with Gasteiger partial charge < -0.3 is 14.6 Å². The van der Waals surface area contributed by atoms with Crippen molar-refractivity contribution >= 4 is 23.6 Å². The number of benzene rings is 3. The highest BCUT2D eigenvalue weighted by Crippen LogP contribution is 2.45. The van der Waals surface area contributed by atoms with Crippen molar-refractivity contribution in [2.75, 3.05) is 19.8 Å². The number of hydrogen-bond acceptors (Lipinski definition) is 7. The zero-order valence-electron chi connectivity index (χ0n) is 25.3. The second-order valence-corrected chi connectivity index (χ2v) is 11.4. The molecule has 0 bridgehead atoms. The fourth-order valence-electron chi connectivity index (χ4n) is 5.85. The molecule has 45 heavy (non-hydrogen) atoms. The van der Waals surface area contributed by atoms with Gasteiger partial charge in [-0.05, 0) is 54.1 Å². The van der Waals surface area contributed by atoms with Crippen LogP contribution in [0.4, 0.5) is 5.69 Å². The Bertz CT molecular complexity index is 1510. The number of hydrazine groups is 1. The van der Waals surface area contributed by atoms with Crippen LogP contribution in [0.2, 0.25) is 0 Å². The summed E-state index contributed by atoms with van der Waals surface area (Å²) in [7, 11) is 0. The van der Waals surface area contributed by atoms with Gasteiger partial charge >= 0.3 is 0 Å². The van der Waals surface area contributed by atoms with Gasteiger partial charge in [0, 0.05) is 47.7 Å². The quantitative estimate of drug-likeness (QED) is 0.0597. The van der Waals surface area contributed by atoms with Gasteiger partial charge in [0.15, 0.2) is 11.6 Å². The van der Waals surface area contributed by atoms with Crippen LogP contribution in [0.1, 0.15) is 67.7 Å². The Morgan fingerprint density at radius 3 is 2.58 bits per heavy atom. The van der Waals surface area contributed by atoms with Crippen molar-refractivity contribution in [2.24, 2.45) is 16.0 Å². The molecule has 1 heterocycles. The zero-order valence-corrected chi connectivity index (χ0v) is 25.3. The molecular formula is C35H40N6O4. The molecule has 3 aromatic carbocycles. The van der Waals surface area contributed by atoms with Crippen LogP contribution in [0.3, 0.4) is 0 Å². The van der Waals surface area contributed by atoms with Gasteiger partial charge in [-0.1, -0.05) is 91.1 Å². The van der Waals surface area contributed by atoms with Crippen LogP contribution in [0.15, 0.2) is 95.0 Å². The number of nitrogens with one attached hydrogen (secondary N) is 2. The number of ether oxygens (including phenoxy) is 2. The number of amides is 1. The van der Waals surface area contributed by atoms with Gasteiger partial charge in [0.05, 0.1) is 6.61 Å². The molecule has 2 aliphatic rings. The van der Waals surface area contributed by atoms with Gasteiger partial charge in [0.25, 0.3) is 5.91 Å². The van der Waals surface area contributed by atoms with E-state index in [1.807, 2.05) is 78.9 Å². The summed E-state index contributed by atoms with van der Waals surface area (Å²) in [6.07, 6.45) is 9.73. The monoisotopic (exact) mass is 608 g/mol. The van der Waals surface area contributed by atoms with Crippen molar-refractivity contribution in [1.82, 2.24) is 10.9 Å². The Labute approximate surface area is 263 Å². The third-order valence-electron chi connectivity index (χ3n) is 8.26. The highest BCUT2D eigenvalue weighted by molar-refractivity contribution is 6.01. The maximum atomic E-state index is 14.3. The molecule has 1 aliphatic heterocycles. The van der Waals surface area contributed by atoms with Gasteiger partial charge in [0.2, 0.25) is 5.90 Å². The zero-order chi connectivity index (χ0) is 31.3. The standard InChI is InChI=1S/C35H40N6O4/c36-41-39-31-17-8-7-16-30(31)32-35(22-9-15-26-11-3-1-4-12-26,34(43)40-37-25-27-13-5-2-6-14-27)38-33(45-32)28-18-20-29(21-19-28)44-24-10-23-42/h1,3-4,7-9,11-12,15-21,27,32,37,42H,2,5-6,10,13-14,22-25H2,(H,40,43)/b15-9+/t32-,35-/m0/s1. The first-order valence-corrected chi connectivity index (χ1v) is 15.6. The average Bonchev–Trinajstić information content (AvgIpc) is 3.47. The first-order chi connectivity index (χ1) is 22.1. The van der Waals surface area contributed by atoms with E-state index in [4.69, 9.17) is 19.6 Å². The lowest BCUT2D eigenvalue weighted by Gasteiger charge is -2.31. The normalized spacial score (nSPS) is 19.8. The highest BCUT2D eigenvalue weighted by atomic mass is 16.5. The van der Waals surface area contributed by atoms with E-state index >= 15 is 0 Å². The molecule has 10 heteroatoms. The van der Waals surface area contributed by atoms with E-state index in [0.717, 1.165) is 18.4 Å². The minimum atomic E-state index is -1.42. The summed E-state index contributed by atoms with van der Waals surface area (Å²) in [5.41, 5.74) is 16.7. The summed E-state index contributed by atoms with van der Waals surface area (Å²) in [4.78, 5) is 22.4. The smallest absolute Gasteiger partial charge is 0.266 e. The van der Waals surface area contributed by atoms with Gasteiger partial charge in [-0.15, -0.1) is 0 Å². The van der Waals surface area contributed by atoms with Crippen LogP contribution in [0.5, 0.6) is 5.75 Å². The number of aliphatic hydroxyl groups excluding tert-OH is 1. The molecular weight excluding hydrogens is 568 g/mol. The average molecular weight is 609 g/mol. The number of carbonyl (C=O) groups excluding carboxylic acids is 1. The molecule has 5 rings (SSSR count). The van der Waals surface area contributed by atoms with Crippen molar-refractivity contribution in [3.63, 3.8) is 0 Å². The van der Waals surface area contributed by atoms with E-state index in [1.165, 1.54) is 19.3 Å². The molecule has 3 N–H and O–H groups in total. The fraction of sp³-hybridized carbons (Fsp3) is 0.371. The Morgan fingerprint density at radius 1 is 1.07 bits per heavy atom. The van der Waals surface area contributed by atoms with Gasteiger partial charge in [0.1, 0.15) is 5.75 Å². The third kappa shape index (κ3) is 8.10.